The van der Waals surface area contributed by atoms with Gasteiger partial charge in [-0.2, -0.15) is 0 Å². The Balaban J connectivity index is 1.79. The van der Waals surface area contributed by atoms with Crippen LogP contribution in [-0.2, 0) is 9.47 Å². The number of carbonyl (C=O) groups excluding carboxylic acids is 1. The van der Waals surface area contributed by atoms with Gasteiger partial charge in [0.2, 0.25) is 0 Å². The maximum absolute atomic E-state index is 12.4. The first-order chi connectivity index (χ1) is 13.2. The van der Waals surface area contributed by atoms with Gasteiger partial charge in [-0.3, -0.25) is 9.88 Å². The standard InChI is InChI=1S/C20H27N3O4/c1-3-27-20(24)16-14-22-19-15(6-4-7-17(19)25-2)18(16)21-8-5-9-23-10-12-26-13-11-23/h4,6-7,14H,3,5,8-13H2,1-2H3,(H,21,22). The monoisotopic (exact) mass is 373 g/mol. The average Bonchev–Trinajstić information content (AvgIpc) is 2.71. The van der Waals surface area contributed by atoms with Crippen molar-refractivity contribution in [1.82, 2.24) is 9.88 Å². The number of para-hydroxylation sites is 1. The Morgan fingerprint density at radius 1 is 1.33 bits per heavy atom. The van der Waals surface area contributed by atoms with Crippen molar-refractivity contribution >= 4 is 22.6 Å². The number of pyridine rings is 1. The molecule has 1 N–H and O–H groups in total. The van der Waals surface area contributed by atoms with Crippen LogP contribution in [0.5, 0.6) is 5.75 Å². The van der Waals surface area contributed by atoms with Crippen molar-refractivity contribution in [2.24, 2.45) is 0 Å². The fourth-order valence-corrected chi connectivity index (χ4v) is 3.26. The number of rotatable bonds is 8. The first kappa shape index (κ1) is 19.4. The molecule has 2 aromatic rings. The molecule has 1 saturated heterocycles. The SMILES string of the molecule is CCOC(=O)c1cnc2c(OC)cccc2c1NCCCN1CCOCC1. The van der Waals surface area contributed by atoms with Gasteiger partial charge in [0.25, 0.3) is 0 Å². The highest BCUT2D eigenvalue weighted by molar-refractivity contribution is 6.06. The third-order valence-electron chi connectivity index (χ3n) is 4.63. The largest absolute Gasteiger partial charge is 0.494 e. The van der Waals surface area contributed by atoms with E-state index < -0.39 is 0 Å². The molecular formula is C20H27N3O4. The van der Waals surface area contributed by atoms with Crippen LogP contribution in [0.1, 0.15) is 23.7 Å². The summed E-state index contributed by atoms with van der Waals surface area (Å²) in [5.74, 6) is 0.310. The summed E-state index contributed by atoms with van der Waals surface area (Å²) in [7, 11) is 1.62. The Kier molecular flexibility index (Phi) is 6.84. The number of aromatic nitrogens is 1. The van der Waals surface area contributed by atoms with Crippen molar-refractivity contribution in [2.75, 3.05) is 58.4 Å². The maximum Gasteiger partial charge on any atom is 0.341 e. The molecule has 0 saturated carbocycles. The predicted molar refractivity (Wildman–Crippen MR) is 105 cm³/mol. The number of esters is 1. The van der Waals surface area contributed by atoms with Gasteiger partial charge < -0.3 is 19.5 Å². The van der Waals surface area contributed by atoms with Crippen LogP contribution in [0.3, 0.4) is 0 Å². The highest BCUT2D eigenvalue weighted by Crippen LogP contribution is 2.31. The molecule has 1 aliphatic rings. The first-order valence-electron chi connectivity index (χ1n) is 9.41. The van der Waals surface area contributed by atoms with E-state index in [-0.39, 0.29) is 5.97 Å². The molecule has 0 unspecified atom stereocenters. The molecule has 1 fully saturated rings. The van der Waals surface area contributed by atoms with Crippen molar-refractivity contribution in [1.29, 1.82) is 0 Å². The van der Waals surface area contributed by atoms with Crippen LogP contribution in [0, 0.1) is 0 Å². The van der Waals surface area contributed by atoms with E-state index in [0.29, 0.717) is 17.9 Å². The zero-order valence-electron chi connectivity index (χ0n) is 16.0. The number of hydrogen-bond donors (Lipinski definition) is 1. The number of benzene rings is 1. The number of nitrogens with one attached hydrogen (secondary N) is 1. The van der Waals surface area contributed by atoms with Crippen LogP contribution in [0.25, 0.3) is 10.9 Å². The van der Waals surface area contributed by atoms with Gasteiger partial charge in [0.15, 0.2) is 0 Å². The summed E-state index contributed by atoms with van der Waals surface area (Å²) >= 11 is 0. The molecule has 3 rings (SSSR count). The lowest BCUT2D eigenvalue weighted by Gasteiger charge is -2.26. The maximum atomic E-state index is 12.4. The van der Waals surface area contributed by atoms with Crippen LogP contribution < -0.4 is 10.1 Å². The molecule has 146 valence electrons. The summed E-state index contributed by atoms with van der Waals surface area (Å²) in [6, 6.07) is 5.70. The molecule has 1 aliphatic heterocycles. The molecule has 7 heteroatoms. The number of anilines is 1. The zero-order valence-corrected chi connectivity index (χ0v) is 16.0. The lowest BCUT2D eigenvalue weighted by molar-refractivity contribution is 0.0378. The van der Waals surface area contributed by atoms with Gasteiger partial charge in [-0.05, 0) is 26.0 Å². The second kappa shape index (κ2) is 9.53. The smallest absolute Gasteiger partial charge is 0.341 e. The molecule has 0 bridgehead atoms. The van der Waals surface area contributed by atoms with Crippen LogP contribution in [-0.4, -0.2) is 69.0 Å². The van der Waals surface area contributed by atoms with Crippen molar-refractivity contribution in [3.05, 3.63) is 30.0 Å². The van der Waals surface area contributed by atoms with Gasteiger partial charge >= 0.3 is 5.97 Å². The van der Waals surface area contributed by atoms with Gasteiger partial charge in [0.1, 0.15) is 16.8 Å². The van der Waals surface area contributed by atoms with Crippen molar-refractivity contribution in [3.63, 3.8) is 0 Å². The average molecular weight is 373 g/mol. The molecule has 0 spiro atoms. The number of fused-ring (bicyclic) bond motifs is 1. The van der Waals surface area contributed by atoms with E-state index in [9.17, 15) is 4.79 Å². The first-order valence-corrected chi connectivity index (χ1v) is 9.41. The Morgan fingerprint density at radius 3 is 2.89 bits per heavy atom. The zero-order chi connectivity index (χ0) is 19.1. The Labute approximate surface area is 159 Å². The minimum absolute atomic E-state index is 0.325. The lowest BCUT2D eigenvalue weighted by atomic mass is 10.1. The normalized spacial score (nSPS) is 14.9. The molecule has 27 heavy (non-hydrogen) atoms. The molecule has 1 aromatic carbocycles. The lowest BCUT2D eigenvalue weighted by Crippen LogP contribution is -2.37. The molecule has 7 nitrogen and oxygen atoms in total. The van der Waals surface area contributed by atoms with Crippen molar-refractivity contribution in [3.8, 4) is 5.75 Å². The summed E-state index contributed by atoms with van der Waals surface area (Å²) in [6.45, 7) is 7.42. The van der Waals surface area contributed by atoms with Gasteiger partial charge in [-0.25, -0.2) is 4.79 Å². The van der Waals surface area contributed by atoms with Crippen LogP contribution in [0.2, 0.25) is 0 Å². The van der Waals surface area contributed by atoms with E-state index in [4.69, 9.17) is 14.2 Å². The van der Waals surface area contributed by atoms with Gasteiger partial charge in [-0.15, -0.1) is 0 Å². The van der Waals surface area contributed by atoms with E-state index in [0.717, 1.165) is 62.4 Å². The second-order valence-electron chi connectivity index (χ2n) is 6.36. The summed E-state index contributed by atoms with van der Waals surface area (Å²) in [5.41, 5.74) is 1.92. The van der Waals surface area contributed by atoms with E-state index in [1.54, 1.807) is 20.2 Å². The molecule has 0 aliphatic carbocycles. The third-order valence-corrected chi connectivity index (χ3v) is 4.63. The summed E-state index contributed by atoms with van der Waals surface area (Å²) in [5, 5.41) is 4.29. The summed E-state index contributed by atoms with van der Waals surface area (Å²) < 4.78 is 16.0. The van der Waals surface area contributed by atoms with Crippen LogP contribution in [0.4, 0.5) is 5.69 Å². The Morgan fingerprint density at radius 2 is 2.15 bits per heavy atom. The van der Waals surface area contributed by atoms with Crippen molar-refractivity contribution in [2.45, 2.75) is 13.3 Å². The number of morpholine rings is 1. The second-order valence-corrected chi connectivity index (χ2v) is 6.36. The molecule has 0 amide bonds. The molecule has 0 radical (unpaired) electrons. The number of carbonyl (C=O) groups is 1. The van der Waals surface area contributed by atoms with E-state index in [2.05, 4.69) is 15.2 Å². The Hall–Kier alpha value is -2.38. The molecular weight excluding hydrogens is 346 g/mol. The van der Waals surface area contributed by atoms with Crippen LogP contribution in [0.15, 0.2) is 24.4 Å². The van der Waals surface area contributed by atoms with E-state index in [1.807, 2.05) is 18.2 Å². The molecule has 0 atom stereocenters. The summed E-state index contributed by atoms with van der Waals surface area (Å²) in [4.78, 5) is 19.2. The molecule has 1 aromatic heterocycles. The number of nitrogens with zero attached hydrogens (tertiary/aromatic N) is 2. The van der Waals surface area contributed by atoms with E-state index >= 15 is 0 Å². The van der Waals surface area contributed by atoms with Gasteiger partial charge in [-0.1, -0.05) is 12.1 Å². The van der Waals surface area contributed by atoms with Gasteiger partial charge in [0, 0.05) is 31.2 Å². The predicted octanol–water partition coefficient (Wildman–Crippen LogP) is 2.55. The summed E-state index contributed by atoms with van der Waals surface area (Å²) in [6.07, 6.45) is 2.53. The van der Waals surface area contributed by atoms with Crippen LogP contribution >= 0.6 is 0 Å². The topological polar surface area (TPSA) is 72.9 Å². The van der Waals surface area contributed by atoms with Crippen molar-refractivity contribution < 1.29 is 19.0 Å². The Bertz CT molecular complexity index is 775. The number of ether oxygens (including phenoxy) is 3. The van der Waals surface area contributed by atoms with E-state index in [1.165, 1.54) is 0 Å². The number of methoxy groups -OCH3 is 1. The fraction of sp³-hybridized carbons (Fsp3) is 0.500. The highest BCUT2D eigenvalue weighted by atomic mass is 16.5. The fourth-order valence-electron chi connectivity index (χ4n) is 3.26. The minimum atomic E-state index is -0.370. The minimum Gasteiger partial charge on any atom is -0.494 e. The van der Waals surface area contributed by atoms with Gasteiger partial charge in [0.05, 0.1) is 32.6 Å². The highest BCUT2D eigenvalue weighted by Gasteiger charge is 2.18. The number of hydrogen-bond acceptors (Lipinski definition) is 7. The molecule has 2 heterocycles. The quantitative estimate of drug-likeness (QED) is 0.563. The third kappa shape index (κ3) is 4.67.